The normalized spacial score (nSPS) is 13.8. The highest BCUT2D eigenvalue weighted by molar-refractivity contribution is 14.1. The minimum atomic E-state index is -0.418. The van der Waals surface area contributed by atoms with E-state index < -0.39 is 5.82 Å². The number of amides is 2. The van der Waals surface area contributed by atoms with Crippen LogP contribution in [-0.4, -0.2) is 16.7 Å². The van der Waals surface area contributed by atoms with Crippen molar-refractivity contribution in [2.24, 2.45) is 0 Å². The van der Waals surface area contributed by atoms with Gasteiger partial charge in [0.05, 0.1) is 17.7 Å². The van der Waals surface area contributed by atoms with E-state index in [1.807, 2.05) is 22.6 Å². The zero-order valence-corrected chi connectivity index (χ0v) is 12.4. The van der Waals surface area contributed by atoms with Crippen molar-refractivity contribution in [1.82, 2.24) is 4.90 Å². The van der Waals surface area contributed by atoms with Crippen LogP contribution < -0.4 is 0 Å². The molecule has 0 aromatic heterocycles. The lowest BCUT2D eigenvalue weighted by Crippen LogP contribution is -2.29. The van der Waals surface area contributed by atoms with Gasteiger partial charge in [-0.3, -0.25) is 14.5 Å². The van der Waals surface area contributed by atoms with Gasteiger partial charge >= 0.3 is 0 Å². The molecule has 100 valence electrons. The van der Waals surface area contributed by atoms with Crippen LogP contribution >= 0.6 is 22.6 Å². The summed E-state index contributed by atoms with van der Waals surface area (Å²) in [7, 11) is 0. The minimum Gasteiger partial charge on any atom is -0.270 e. The zero-order chi connectivity index (χ0) is 14.3. The van der Waals surface area contributed by atoms with E-state index >= 15 is 0 Å². The van der Waals surface area contributed by atoms with E-state index in [-0.39, 0.29) is 18.4 Å². The average molecular weight is 381 g/mol. The van der Waals surface area contributed by atoms with E-state index in [4.69, 9.17) is 0 Å². The van der Waals surface area contributed by atoms with Crippen molar-refractivity contribution in [2.75, 3.05) is 0 Å². The smallest absolute Gasteiger partial charge is 0.262 e. The maximum atomic E-state index is 13.7. The summed E-state index contributed by atoms with van der Waals surface area (Å²) in [6.07, 6.45) is 0. The number of carbonyl (C=O) groups is 2. The topological polar surface area (TPSA) is 37.4 Å². The van der Waals surface area contributed by atoms with Gasteiger partial charge in [-0.2, -0.15) is 0 Å². The molecule has 1 aliphatic heterocycles. The quantitative estimate of drug-likeness (QED) is 0.592. The van der Waals surface area contributed by atoms with Crippen LogP contribution in [0.3, 0.4) is 0 Å². The van der Waals surface area contributed by atoms with Crippen molar-refractivity contribution < 1.29 is 14.0 Å². The van der Waals surface area contributed by atoms with Gasteiger partial charge in [-0.1, -0.05) is 24.3 Å². The third-order valence-corrected chi connectivity index (χ3v) is 4.13. The summed E-state index contributed by atoms with van der Waals surface area (Å²) in [5.74, 6) is -1.15. The second-order valence-electron chi connectivity index (χ2n) is 4.45. The minimum absolute atomic E-state index is 0.0465. The highest BCUT2D eigenvalue weighted by Crippen LogP contribution is 2.28. The van der Waals surface area contributed by atoms with Crippen LogP contribution in [-0.2, 0) is 6.54 Å². The average Bonchev–Trinajstić information content (AvgIpc) is 2.67. The molecule has 0 spiro atoms. The van der Waals surface area contributed by atoms with Gasteiger partial charge in [0, 0.05) is 9.13 Å². The lowest BCUT2D eigenvalue weighted by Gasteiger charge is -2.14. The van der Waals surface area contributed by atoms with E-state index in [9.17, 15) is 14.0 Å². The molecule has 0 bridgehead atoms. The molecule has 2 amide bonds. The summed E-state index contributed by atoms with van der Waals surface area (Å²) >= 11 is 2.03. The summed E-state index contributed by atoms with van der Waals surface area (Å²) in [6, 6.07) is 11.3. The molecule has 0 unspecified atom stereocenters. The van der Waals surface area contributed by atoms with Crippen molar-refractivity contribution in [3.8, 4) is 0 Å². The van der Waals surface area contributed by atoms with Crippen LogP contribution in [0.2, 0.25) is 0 Å². The van der Waals surface area contributed by atoms with E-state index in [1.54, 1.807) is 36.4 Å². The van der Waals surface area contributed by atoms with E-state index in [0.29, 0.717) is 16.7 Å². The highest BCUT2D eigenvalue weighted by Gasteiger charge is 2.37. The number of fused-ring (bicyclic) bond motifs is 1. The number of imide groups is 1. The zero-order valence-electron chi connectivity index (χ0n) is 10.3. The number of rotatable bonds is 2. The van der Waals surface area contributed by atoms with Crippen LogP contribution in [0.15, 0.2) is 42.5 Å². The van der Waals surface area contributed by atoms with Crippen LogP contribution in [0, 0.1) is 9.39 Å². The van der Waals surface area contributed by atoms with Crippen LogP contribution in [0.5, 0.6) is 0 Å². The van der Waals surface area contributed by atoms with Gasteiger partial charge in [0.2, 0.25) is 0 Å². The van der Waals surface area contributed by atoms with Gasteiger partial charge < -0.3 is 0 Å². The lowest BCUT2D eigenvalue weighted by atomic mass is 10.1. The number of hydrogen-bond donors (Lipinski definition) is 0. The summed E-state index contributed by atoms with van der Waals surface area (Å²) in [5, 5.41) is 0. The SMILES string of the molecule is O=C1c2cccc(I)c2C(=O)N1Cc1ccccc1F. The van der Waals surface area contributed by atoms with Crippen molar-refractivity contribution >= 4 is 34.4 Å². The number of carbonyl (C=O) groups excluding carboxylic acids is 2. The Morgan fingerprint density at radius 1 is 1.00 bits per heavy atom. The molecule has 2 aromatic rings. The number of halogens is 2. The Morgan fingerprint density at radius 2 is 1.75 bits per heavy atom. The summed E-state index contributed by atoms with van der Waals surface area (Å²) in [6.45, 7) is -0.0465. The van der Waals surface area contributed by atoms with Crippen molar-refractivity contribution in [1.29, 1.82) is 0 Å². The molecule has 1 aliphatic rings. The van der Waals surface area contributed by atoms with Crippen molar-refractivity contribution in [3.63, 3.8) is 0 Å². The Hall–Kier alpha value is -1.76. The third-order valence-electron chi connectivity index (χ3n) is 3.23. The fraction of sp³-hybridized carbons (Fsp3) is 0.0667. The molecule has 0 radical (unpaired) electrons. The first kappa shape index (κ1) is 13.2. The van der Waals surface area contributed by atoms with E-state index in [0.717, 1.165) is 8.47 Å². The Kier molecular flexibility index (Phi) is 3.29. The molecule has 1 heterocycles. The monoisotopic (exact) mass is 381 g/mol. The van der Waals surface area contributed by atoms with Crippen LogP contribution in [0.25, 0.3) is 0 Å². The molecule has 3 nitrogen and oxygen atoms in total. The molecule has 0 fully saturated rings. The Balaban J connectivity index is 1.99. The maximum absolute atomic E-state index is 13.7. The van der Waals surface area contributed by atoms with Crippen molar-refractivity contribution in [2.45, 2.75) is 6.54 Å². The molecular weight excluding hydrogens is 372 g/mol. The van der Waals surface area contributed by atoms with E-state index in [2.05, 4.69) is 0 Å². The fourth-order valence-corrected chi connectivity index (χ4v) is 2.96. The summed E-state index contributed by atoms with van der Waals surface area (Å²) in [4.78, 5) is 25.7. The molecule has 0 saturated heterocycles. The second-order valence-corrected chi connectivity index (χ2v) is 5.61. The molecular formula is C15H9FINO2. The highest BCUT2D eigenvalue weighted by atomic mass is 127. The van der Waals surface area contributed by atoms with Crippen molar-refractivity contribution in [3.05, 3.63) is 68.5 Å². The Bertz CT molecular complexity index is 730. The van der Waals surface area contributed by atoms with Gasteiger partial charge in [0.1, 0.15) is 5.82 Å². The predicted molar refractivity (Wildman–Crippen MR) is 79.8 cm³/mol. The largest absolute Gasteiger partial charge is 0.270 e. The molecule has 0 aliphatic carbocycles. The van der Waals surface area contributed by atoms with Gasteiger partial charge in [-0.05, 0) is 40.8 Å². The van der Waals surface area contributed by atoms with Crippen LogP contribution in [0.4, 0.5) is 4.39 Å². The first-order chi connectivity index (χ1) is 9.59. The predicted octanol–water partition coefficient (Wildman–Crippen LogP) is 3.23. The lowest BCUT2D eigenvalue weighted by molar-refractivity contribution is 0.0640. The van der Waals surface area contributed by atoms with Gasteiger partial charge in [0.25, 0.3) is 11.8 Å². The first-order valence-corrected chi connectivity index (χ1v) is 7.05. The van der Waals surface area contributed by atoms with E-state index in [1.165, 1.54) is 6.07 Å². The maximum Gasteiger partial charge on any atom is 0.262 e. The number of benzene rings is 2. The van der Waals surface area contributed by atoms with Gasteiger partial charge in [-0.25, -0.2) is 4.39 Å². The van der Waals surface area contributed by atoms with Gasteiger partial charge in [-0.15, -0.1) is 0 Å². The molecule has 0 saturated carbocycles. The molecule has 2 aromatic carbocycles. The second kappa shape index (κ2) is 4.97. The third kappa shape index (κ3) is 2.02. The molecule has 20 heavy (non-hydrogen) atoms. The number of nitrogens with zero attached hydrogens (tertiary/aromatic N) is 1. The molecule has 0 atom stereocenters. The molecule has 0 N–H and O–H groups in total. The Labute approximate surface area is 128 Å². The number of hydrogen-bond acceptors (Lipinski definition) is 2. The molecule has 3 rings (SSSR count). The standard InChI is InChI=1S/C15H9FINO2/c16-11-6-2-1-4-9(11)8-18-14(19)10-5-3-7-12(17)13(10)15(18)20/h1-7H,8H2. The van der Waals surface area contributed by atoms with Crippen LogP contribution in [0.1, 0.15) is 26.3 Å². The fourth-order valence-electron chi connectivity index (χ4n) is 2.23. The first-order valence-electron chi connectivity index (χ1n) is 5.97. The Morgan fingerprint density at radius 3 is 2.45 bits per heavy atom. The molecule has 5 heteroatoms. The summed E-state index contributed by atoms with van der Waals surface area (Å²) in [5.41, 5.74) is 1.13. The summed E-state index contributed by atoms with van der Waals surface area (Å²) < 4.78 is 14.4. The van der Waals surface area contributed by atoms with Gasteiger partial charge in [0.15, 0.2) is 0 Å².